The van der Waals surface area contributed by atoms with Gasteiger partial charge in [-0.25, -0.2) is 9.59 Å². The van der Waals surface area contributed by atoms with Crippen LogP contribution in [0.5, 0.6) is 0 Å². The number of anilines is 1. The third-order valence-corrected chi connectivity index (χ3v) is 1.90. The SMILES string of the molecule is C=CNC(=O)Nc1ccccc1C(=O)OCC. The summed E-state index contributed by atoms with van der Waals surface area (Å²) in [5.41, 5.74) is 0.707. The number of carbonyl (C=O) groups excluding carboxylic acids is 2. The van der Waals surface area contributed by atoms with E-state index in [2.05, 4.69) is 17.2 Å². The molecule has 5 nitrogen and oxygen atoms in total. The van der Waals surface area contributed by atoms with E-state index in [1.807, 2.05) is 0 Å². The third kappa shape index (κ3) is 3.64. The highest BCUT2D eigenvalue weighted by molar-refractivity contribution is 6.00. The predicted octanol–water partition coefficient (Wildman–Crippen LogP) is 2.13. The van der Waals surface area contributed by atoms with E-state index >= 15 is 0 Å². The van der Waals surface area contributed by atoms with E-state index in [1.165, 1.54) is 6.20 Å². The summed E-state index contributed by atoms with van der Waals surface area (Å²) >= 11 is 0. The highest BCUT2D eigenvalue weighted by Gasteiger charge is 2.12. The van der Waals surface area contributed by atoms with E-state index in [9.17, 15) is 9.59 Å². The number of hydrogen-bond acceptors (Lipinski definition) is 3. The van der Waals surface area contributed by atoms with E-state index in [1.54, 1.807) is 31.2 Å². The van der Waals surface area contributed by atoms with Crippen LogP contribution in [0.25, 0.3) is 0 Å². The summed E-state index contributed by atoms with van der Waals surface area (Å²) in [6, 6.07) is 6.16. The van der Waals surface area contributed by atoms with Crippen LogP contribution >= 0.6 is 0 Å². The van der Waals surface area contributed by atoms with E-state index in [0.29, 0.717) is 11.3 Å². The van der Waals surface area contributed by atoms with Crippen LogP contribution in [0.4, 0.5) is 10.5 Å². The van der Waals surface area contributed by atoms with Crippen LogP contribution in [0.2, 0.25) is 0 Å². The van der Waals surface area contributed by atoms with Gasteiger partial charge in [-0.3, -0.25) is 0 Å². The molecule has 0 radical (unpaired) electrons. The van der Waals surface area contributed by atoms with Crippen molar-refractivity contribution in [2.45, 2.75) is 6.92 Å². The van der Waals surface area contributed by atoms with E-state index in [4.69, 9.17) is 4.74 Å². The van der Waals surface area contributed by atoms with Gasteiger partial charge in [0.25, 0.3) is 0 Å². The van der Waals surface area contributed by atoms with Gasteiger partial charge < -0.3 is 15.4 Å². The molecule has 0 unspecified atom stereocenters. The molecule has 0 aliphatic carbocycles. The van der Waals surface area contributed by atoms with Gasteiger partial charge in [-0.15, -0.1) is 0 Å². The molecule has 2 amide bonds. The summed E-state index contributed by atoms with van der Waals surface area (Å²) in [7, 11) is 0. The van der Waals surface area contributed by atoms with Crippen LogP contribution in [-0.2, 0) is 4.74 Å². The Morgan fingerprint density at radius 3 is 2.76 bits per heavy atom. The molecule has 0 fully saturated rings. The fraction of sp³-hybridized carbons (Fsp3) is 0.167. The average molecular weight is 234 g/mol. The smallest absolute Gasteiger partial charge is 0.340 e. The van der Waals surface area contributed by atoms with Gasteiger partial charge in [0, 0.05) is 0 Å². The molecule has 0 atom stereocenters. The lowest BCUT2D eigenvalue weighted by Gasteiger charge is -2.09. The first-order valence-electron chi connectivity index (χ1n) is 5.13. The largest absolute Gasteiger partial charge is 0.462 e. The monoisotopic (exact) mass is 234 g/mol. The Labute approximate surface area is 99.5 Å². The zero-order valence-corrected chi connectivity index (χ0v) is 9.53. The normalized spacial score (nSPS) is 9.24. The fourth-order valence-electron chi connectivity index (χ4n) is 1.23. The number of carbonyl (C=O) groups is 2. The molecule has 5 heteroatoms. The molecule has 1 rings (SSSR count). The molecule has 90 valence electrons. The standard InChI is InChI=1S/C12H14N2O3/c1-3-13-12(16)14-10-8-6-5-7-9(10)11(15)17-4-2/h3,5-8H,1,4H2,2H3,(H2,13,14,16). The highest BCUT2D eigenvalue weighted by Crippen LogP contribution is 2.15. The second-order valence-electron chi connectivity index (χ2n) is 3.07. The van der Waals surface area contributed by atoms with Crippen molar-refractivity contribution in [1.29, 1.82) is 0 Å². The lowest BCUT2D eigenvalue weighted by atomic mass is 10.2. The second-order valence-corrected chi connectivity index (χ2v) is 3.07. The van der Waals surface area contributed by atoms with Gasteiger partial charge in [0.05, 0.1) is 17.9 Å². The lowest BCUT2D eigenvalue weighted by molar-refractivity contribution is 0.0527. The minimum Gasteiger partial charge on any atom is -0.462 e. The first-order valence-corrected chi connectivity index (χ1v) is 5.13. The molecule has 0 aromatic heterocycles. The van der Waals surface area contributed by atoms with Crippen molar-refractivity contribution in [1.82, 2.24) is 5.32 Å². The summed E-state index contributed by atoms with van der Waals surface area (Å²) in [5, 5.41) is 4.88. The van der Waals surface area contributed by atoms with Crippen LogP contribution in [0.15, 0.2) is 37.0 Å². The molecule has 0 heterocycles. The Kier molecular flexibility index (Phi) is 4.75. The molecule has 0 saturated heterocycles. The fourth-order valence-corrected chi connectivity index (χ4v) is 1.23. The van der Waals surface area contributed by atoms with Gasteiger partial charge in [0.2, 0.25) is 0 Å². The highest BCUT2D eigenvalue weighted by atomic mass is 16.5. The summed E-state index contributed by atoms with van der Waals surface area (Å²) < 4.78 is 4.88. The molecule has 0 bridgehead atoms. The van der Waals surface area contributed by atoms with Gasteiger partial charge in [-0.05, 0) is 25.3 Å². The zero-order valence-electron chi connectivity index (χ0n) is 9.53. The topological polar surface area (TPSA) is 67.4 Å². The maximum Gasteiger partial charge on any atom is 0.340 e. The van der Waals surface area contributed by atoms with Crippen LogP contribution < -0.4 is 10.6 Å². The Bertz CT molecular complexity index is 430. The number of benzene rings is 1. The van der Waals surface area contributed by atoms with Crippen LogP contribution in [0.1, 0.15) is 17.3 Å². The molecular formula is C12H14N2O3. The number of esters is 1. The second kappa shape index (κ2) is 6.32. The number of hydrogen-bond donors (Lipinski definition) is 2. The van der Waals surface area contributed by atoms with E-state index < -0.39 is 12.0 Å². The van der Waals surface area contributed by atoms with E-state index in [-0.39, 0.29) is 6.61 Å². The number of rotatable bonds is 4. The zero-order chi connectivity index (χ0) is 12.7. The van der Waals surface area contributed by atoms with Crippen molar-refractivity contribution in [2.24, 2.45) is 0 Å². The molecule has 0 aliphatic heterocycles. The molecule has 0 saturated carbocycles. The first-order chi connectivity index (χ1) is 8.19. The van der Waals surface area contributed by atoms with Crippen molar-refractivity contribution in [3.8, 4) is 0 Å². The van der Waals surface area contributed by atoms with Crippen molar-refractivity contribution < 1.29 is 14.3 Å². The van der Waals surface area contributed by atoms with Crippen LogP contribution in [0, 0.1) is 0 Å². The van der Waals surface area contributed by atoms with Crippen LogP contribution in [0.3, 0.4) is 0 Å². The first kappa shape index (κ1) is 12.8. The van der Waals surface area contributed by atoms with Gasteiger partial charge in [-0.2, -0.15) is 0 Å². The lowest BCUT2D eigenvalue weighted by Crippen LogP contribution is -2.24. The van der Waals surface area contributed by atoms with Crippen LogP contribution in [-0.4, -0.2) is 18.6 Å². The summed E-state index contributed by atoms with van der Waals surface area (Å²) in [4.78, 5) is 22.9. The quantitative estimate of drug-likeness (QED) is 0.784. The average Bonchev–Trinajstić information content (AvgIpc) is 2.30. The number of nitrogens with one attached hydrogen (secondary N) is 2. The minimum absolute atomic E-state index is 0.284. The maximum absolute atomic E-state index is 11.6. The number of para-hydroxylation sites is 1. The molecule has 0 aliphatic rings. The molecule has 1 aromatic carbocycles. The predicted molar refractivity (Wildman–Crippen MR) is 64.7 cm³/mol. The molecule has 2 N–H and O–H groups in total. The van der Waals surface area contributed by atoms with Gasteiger partial charge >= 0.3 is 12.0 Å². The Morgan fingerprint density at radius 1 is 1.41 bits per heavy atom. The minimum atomic E-state index is -0.470. The number of urea groups is 1. The Morgan fingerprint density at radius 2 is 2.12 bits per heavy atom. The third-order valence-electron chi connectivity index (χ3n) is 1.90. The summed E-state index contributed by atoms with van der Waals surface area (Å²) in [6.07, 6.45) is 1.25. The van der Waals surface area contributed by atoms with Gasteiger partial charge in [0.1, 0.15) is 0 Å². The van der Waals surface area contributed by atoms with Crippen molar-refractivity contribution in [2.75, 3.05) is 11.9 Å². The molecular weight excluding hydrogens is 220 g/mol. The molecule has 17 heavy (non-hydrogen) atoms. The van der Waals surface area contributed by atoms with E-state index in [0.717, 1.165) is 0 Å². The summed E-state index contributed by atoms with van der Waals surface area (Å²) in [5.74, 6) is -0.470. The number of amides is 2. The van der Waals surface area contributed by atoms with Crippen molar-refractivity contribution in [3.05, 3.63) is 42.6 Å². The van der Waals surface area contributed by atoms with Crippen molar-refractivity contribution >= 4 is 17.7 Å². The molecule has 0 spiro atoms. The summed E-state index contributed by atoms with van der Waals surface area (Å²) in [6.45, 7) is 5.37. The van der Waals surface area contributed by atoms with Crippen molar-refractivity contribution in [3.63, 3.8) is 0 Å². The Balaban J connectivity index is 2.87. The van der Waals surface area contributed by atoms with Gasteiger partial charge in [-0.1, -0.05) is 18.7 Å². The molecule has 1 aromatic rings. The number of ether oxygens (including phenoxy) is 1. The maximum atomic E-state index is 11.6. The van der Waals surface area contributed by atoms with Gasteiger partial charge in [0.15, 0.2) is 0 Å². The Hall–Kier alpha value is -2.30.